The van der Waals surface area contributed by atoms with Gasteiger partial charge in [0.15, 0.2) is 0 Å². The summed E-state index contributed by atoms with van der Waals surface area (Å²) in [5, 5.41) is 3.70. The van der Waals surface area contributed by atoms with Crippen LogP contribution in [0.3, 0.4) is 0 Å². The van der Waals surface area contributed by atoms with E-state index in [0.717, 1.165) is 10.4 Å². The summed E-state index contributed by atoms with van der Waals surface area (Å²) in [7, 11) is -3.40. The fraction of sp³-hybridized carbons (Fsp3) is 0.353. The van der Waals surface area contributed by atoms with Crippen LogP contribution in [0, 0.1) is 0 Å². The van der Waals surface area contributed by atoms with E-state index in [2.05, 4.69) is 5.32 Å². The number of carbonyl (C=O) groups is 1. The van der Waals surface area contributed by atoms with Crippen LogP contribution in [0.25, 0.3) is 10.4 Å². The van der Waals surface area contributed by atoms with Gasteiger partial charge in [0.2, 0.25) is 10.0 Å². The van der Waals surface area contributed by atoms with Gasteiger partial charge in [-0.05, 0) is 35.9 Å². The highest BCUT2D eigenvalue weighted by Crippen LogP contribution is 2.32. The Kier molecular flexibility index (Phi) is 6.78. The van der Waals surface area contributed by atoms with Crippen LogP contribution >= 0.6 is 34.5 Å². The Morgan fingerprint density at radius 1 is 1.15 bits per heavy atom. The Bertz CT molecular complexity index is 905. The molecule has 6 nitrogen and oxygen atoms in total. The molecule has 2 aromatic rings. The van der Waals surface area contributed by atoms with Gasteiger partial charge in [-0.3, -0.25) is 4.79 Å². The van der Waals surface area contributed by atoms with E-state index in [1.165, 1.54) is 15.6 Å². The minimum Gasteiger partial charge on any atom is -0.379 e. The van der Waals surface area contributed by atoms with E-state index in [9.17, 15) is 13.2 Å². The second kappa shape index (κ2) is 8.89. The minimum atomic E-state index is -3.40. The summed E-state index contributed by atoms with van der Waals surface area (Å²) >= 11 is 13.3. The van der Waals surface area contributed by atoms with Gasteiger partial charge in [-0.25, -0.2) is 8.42 Å². The molecule has 2 heterocycles. The molecule has 0 atom stereocenters. The number of carbonyl (C=O) groups excluding carboxylic acids is 1. The Labute approximate surface area is 172 Å². The lowest BCUT2D eigenvalue weighted by molar-refractivity contribution is 0.0730. The number of nitrogens with zero attached hydrogens (tertiary/aromatic N) is 1. The number of hydrogen-bond donors (Lipinski definition) is 1. The number of thiophene rings is 1. The quantitative estimate of drug-likeness (QED) is 0.736. The first-order valence-electron chi connectivity index (χ1n) is 8.25. The van der Waals surface area contributed by atoms with Crippen molar-refractivity contribution in [3.63, 3.8) is 0 Å². The van der Waals surface area contributed by atoms with E-state index in [1.807, 2.05) is 6.07 Å². The highest BCUT2D eigenvalue weighted by Gasteiger charge is 2.24. The molecule has 146 valence electrons. The summed E-state index contributed by atoms with van der Waals surface area (Å²) < 4.78 is 31.1. The zero-order valence-electron chi connectivity index (χ0n) is 14.3. The van der Waals surface area contributed by atoms with E-state index in [4.69, 9.17) is 27.9 Å². The second-order valence-corrected chi connectivity index (χ2v) is 9.95. The third-order valence-electron chi connectivity index (χ3n) is 3.99. The molecule has 1 aliphatic heterocycles. The molecule has 0 unspecified atom stereocenters. The van der Waals surface area contributed by atoms with E-state index in [-0.39, 0.29) is 18.2 Å². The molecule has 0 spiro atoms. The Morgan fingerprint density at radius 3 is 2.48 bits per heavy atom. The molecule has 1 amide bonds. The van der Waals surface area contributed by atoms with Gasteiger partial charge in [-0.1, -0.05) is 23.2 Å². The first-order chi connectivity index (χ1) is 12.8. The number of sulfonamides is 1. The molecule has 1 aromatic heterocycles. The normalized spacial score (nSPS) is 15.6. The molecule has 1 aliphatic rings. The Hall–Kier alpha value is -1.16. The molecule has 0 bridgehead atoms. The van der Waals surface area contributed by atoms with Crippen molar-refractivity contribution in [2.45, 2.75) is 0 Å². The van der Waals surface area contributed by atoms with Gasteiger partial charge in [0, 0.05) is 34.6 Å². The number of rotatable bonds is 6. The van der Waals surface area contributed by atoms with Gasteiger partial charge < -0.3 is 10.1 Å². The second-order valence-electron chi connectivity index (χ2n) is 5.91. The summed E-state index contributed by atoms with van der Waals surface area (Å²) in [6, 6.07) is 8.70. The van der Waals surface area contributed by atoms with Crippen molar-refractivity contribution in [3.05, 3.63) is 45.3 Å². The monoisotopic (exact) mass is 448 g/mol. The standard InChI is InChI=1S/C17H18Cl2N2O4S2/c18-13-9-12(10-14(19)11-13)15-1-2-16(26-15)17(22)20-3-8-27(23,24)21-4-6-25-7-5-21/h1-2,9-11H,3-8H2,(H,20,22). The topological polar surface area (TPSA) is 75.7 Å². The van der Waals surface area contributed by atoms with Gasteiger partial charge >= 0.3 is 0 Å². The van der Waals surface area contributed by atoms with Crippen LogP contribution < -0.4 is 5.32 Å². The summed E-state index contributed by atoms with van der Waals surface area (Å²) in [5.41, 5.74) is 0.825. The number of amides is 1. The minimum absolute atomic E-state index is 0.0503. The zero-order valence-corrected chi connectivity index (χ0v) is 17.4. The predicted molar refractivity (Wildman–Crippen MR) is 108 cm³/mol. The molecule has 0 saturated carbocycles. The third kappa shape index (κ3) is 5.43. The van der Waals surface area contributed by atoms with E-state index in [0.29, 0.717) is 41.2 Å². The molecule has 27 heavy (non-hydrogen) atoms. The number of halogens is 2. The van der Waals surface area contributed by atoms with Crippen molar-refractivity contribution in [2.75, 3.05) is 38.6 Å². The van der Waals surface area contributed by atoms with Crippen LogP contribution in [0.2, 0.25) is 10.0 Å². The number of hydrogen-bond acceptors (Lipinski definition) is 5. The number of ether oxygens (including phenoxy) is 1. The lowest BCUT2D eigenvalue weighted by Gasteiger charge is -2.25. The lowest BCUT2D eigenvalue weighted by Crippen LogP contribution is -2.43. The van der Waals surface area contributed by atoms with Crippen molar-refractivity contribution >= 4 is 50.5 Å². The first kappa shape index (κ1) is 20.6. The molecule has 1 N–H and O–H groups in total. The van der Waals surface area contributed by atoms with Gasteiger partial charge in [0.25, 0.3) is 5.91 Å². The van der Waals surface area contributed by atoms with Gasteiger partial charge in [-0.2, -0.15) is 4.31 Å². The molecule has 10 heteroatoms. The summed E-state index contributed by atoms with van der Waals surface area (Å²) in [4.78, 5) is 13.6. The molecule has 3 rings (SSSR count). The van der Waals surface area contributed by atoms with Crippen LogP contribution in [0.5, 0.6) is 0 Å². The van der Waals surface area contributed by atoms with Crippen LogP contribution in [0.1, 0.15) is 9.67 Å². The maximum atomic E-state index is 12.3. The van der Waals surface area contributed by atoms with E-state index in [1.54, 1.807) is 24.3 Å². The maximum Gasteiger partial charge on any atom is 0.261 e. The van der Waals surface area contributed by atoms with Crippen molar-refractivity contribution in [1.29, 1.82) is 0 Å². The largest absolute Gasteiger partial charge is 0.379 e. The first-order valence-corrected chi connectivity index (χ1v) is 11.4. The summed E-state index contributed by atoms with van der Waals surface area (Å²) in [6.07, 6.45) is 0. The zero-order chi connectivity index (χ0) is 19.4. The van der Waals surface area contributed by atoms with Crippen LogP contribution in [-0.4, -0.2) is 57.2 Å². The summed E-state index contributed by atoms with van der Waals surface area (Å²) in [6.45, 7) is 1.56. The lowest BCUT2D eigenvalue weighted by atomic mass is 10.2. The molecular weight excluding hydrogens is 431 g/mol. The highest BCUT2D eigenvalue weighted by atomic mass is 35.5. The number of morpholine rings is 1. The average molecular weight is 449 g/mol. The Morgan fingerprint density at radius 2 is 1.81 bits per heavy atom. The van der Waals surface area contributed by atoms with Gasteiger partial charge in [0.05, 0.1) is 23.8 Å². The smallest absolute Gasteiger partial charge is 0.261 e. The average Bonchev–Trinajstić information content (AvgIpc) is 3.12. The highest BCUT2D eigenvalue weighted by molar-refractivity contribution is 7.89. The SMILES string of the molecule is O=C(NCCS(=O)(=O)N1CCOCC1)c1ccc(-c2cc(Cl)cc(Cl)c2)s1. The summed E-state index contributed by atoms with van der Waals surface area (Å²) in [5.74, 6) is -0.447. The van der Waals surface area contributed by atoms with Crippen LogP contribution in [0.4, 0.5) is 0 Å². The van der Waals surface area contributed by atoms with Crippen LogP contribution in [0.15, 0.2) is 30.3 Å². The van der Waals surface area contributed by atoms with Crippen molar-refractivity contribution in [2.24, 2.45) is 0 Å². The Balaban J connectivity index is 1.58. The maximum absolute atomic E-state index is 12.3. The molecule has 1 aromatic carbocycles. The van der Waals surface area contributed by atoms with Gasteiger partial charge in [0.1, 0.15) is 0 Å². The predicted octanol–water partition coefficient (Wildman–Crippen LogP) is 3.11. The van der Waals surface area contributed by atoms with E-state index >= 15 is 0 Å². The van der Waals surface area contributed by atoms with Crippen molar-refractivity contribution < 1.29 is 17.9 Å². The number of nitrogens with one attached hydrogen (secondary N) is 1. The van der Waals surface area contributed by atoms with Gasteiger partial charge in [-0.15, -0.1) is 11.3 Å². The third-order valence-corrected chi connectivity index (χ3v) is 7.43. The number of benzene rings is 1. The van der Waals surface area contributed by atoms with Crippen molar-refractivity contribution in [3.8, 4) is 10.4 Å². The van der Waals surface area contributed by atoms with Crippen LogP contribution in [-0.2, 0) is 14.8 Å². The fourth-order valence-corrected chi connectivity index (χ4v) is 5.41. The molecule has 1 fully saturated rings. The van der Waals surface area contributed by atoms with Crippen molar-refractivity contribution in [1.82, 2.24) is 9.62 Å². The fourth-order valence-electron chi connectivity index (χ4n) is 2.65. The van der Waals surface area contributed by atoms with E-state index < -0.39 is 10.0 Å². The molecule has 0 aliphatic carbocycles. The molecular formula is C17H18Cl2N2O4S2. The molecule has 1 saturated heterocycles. The molecule has 0 radical (unpaired) electrons.